The Hall–Kier alpha value is -1.95. The summed E-state index contributed by atoms with van der Waals surface area (Å²) in [7, 11) is 0. The molecule has 0 aromatic heterocycles. The van der Waals surface area contributed by atoms with Gasteiger partial charge < -0.3 is 10.4 Å². The molecule has 2 N–H and O–H groups in total. The van der Waals surface area contributed by atoms with Crippen LogP contribution in [0.3, 0.4) is 0 Å². The lowest BCUT2D eigenvalue weighted by Crippen LogP contribution is -2.35. The molecule has 1 aromatic carbocycles. The zero-order valence-corrected chi connectivity index (χ0v) is 9.68. The molecular formula is C11H8F6N2O. The van der Waals surface area contributed by atoms with Crippen LogP contribution >= 0.6 is 0 Å². The van der Waals surface area contributed by atoms with Crippen molar-refractivity contribution < 1.29 is 31.4 Å². The van der Waals surface area contributed by atoms with Crippen LogP contribution in [0.15, 0.2) is 18.2 Å². The van der Waals surface area contributed by atoms with E-state index in [4.69, 9.17) is 10.4 Å². The van der Waals surface area contributed by atoms with Gasteiger partial charge in [-0.3, -0.25) is 0 Å². The molecule has 0 heterocycles. The first-order chi connectivity index (χ1) is 9.05. The summed E-state index contributed by atoms with van der Waals surface area (Å²) >= 11 is 0. The maximum atomic E-state index is 12.6. The number of hydrogen-bond donors (Lipinski definition) is 2. The summed E-state index contributed by atoms with van der Waals surface area (Å²) in [6.45, 7) is -0.993. The molecule has 0 saturated heterocycles. The maximum absolute atomic E-state index is 12.6. The number of benzene rings is 1. The van der Waals surface area contributed by atoms with Gasteiger partial charge in [-0.15, -0.1) is 0 Å². The van der Waals surface area contributed by atoms with E-state index in [2.05, 4.69) is 0 Å². The van der Waals surface area contributed by atoms with Gasteiger partial charge in [0, 0.05) is 12.2 Å². The molecule has 0 fully saturated rings. The van der Waals surface area contributed by atoms with Gasteiger partial charge in [-0.1, -0.05) is 0 Å². The SMILES string of the molecule is N#Cc1ccc(NCC(O)C(F)(F)F)cc1C(F)(F)F. The minimum absolute atomic E-state index is 0.278. The molecule has 1 aromatic rings. The Labute approximate surface area is 109 Å². The van der Waals surface area contributed by atoms with E-state index < -0.39 is 36.1 Å². The molecule has 0 saturated carbocycles. The Morgan fingerprint density at radius 2 is 1.80 bits per heavy atom. The number of nitrogens with zero attached hydrogens (tertiary/aromatic N) is 1. The molecule has 20 heavy (non-hydrogen) atoms. The second kappa shape index (κ2) is 5.58. The molecule has 9 heteroatoms. The molecule has 0 spiro atoms. The van der Waals surface area contributed by atoms with Crippen LogP contribution in [0, 0.1) is 11.3 Å². The minimum atomic E-state index is -4.87. The van der Waals surface area contributed by atoms with Gasteiger partial charge in [0.25, 0.3) is 0 Å². The van der Waals surface area contributed by atoms with Crippen molar-refractivity contribution in [3.63, 3.8) is 0 Å². The number of aliphatic hydroxyl groups excluding tert-OH is 1. The summed E-state index contributed by atoms with van der Waals surface area (Å²) in [5.41, 5.74) is -2.18. The van der Waals surface area contributed by atoms with Crippen LogP contribution < -0.4 is 5.32 Å². The molecule has 3 nitrogen and oxygen atoms in total. The summed E-state index contributed by atoms with van der Waals surface area (Å²) in [5, 5.41) is 19.3. The van der Waals surface area contributed by atoms with Crippen LogP contribution in [-0.4, -0.2) is 23.9 Å². The lowest BCUT2D eigenvalue weighted by atomic mass is 10.1. The molecule has 0 aliphatic rings. The van der Waals surface area contributed by atoms with E-state index >= 15 is 0 Å². The monoisotopic (exact) mass is 298 g/mol. The van der Waals surface area contributed by atoms with Crippen molar-refractivity contribution in [2.24, 2.45) is 0 Å². The maximum Gasteiger partial charge on any atom is 0.417 e. The Morgan fingerprint density at radius 1 is 1.20 bits per heavy atom. The van der Waals surface area contributed by atoms with Gasteiger partial charge in [-0.25, -0.2) is 0 Å². The van der Waals surface area contributed by atoms with Crippen molar-refractivity contribution in [1.82, 2.24) is 0 Å². The largest absolute Gasteiger partial charge is 0.417 e. The highest BCUT2D eigenvalue weighted by Gasteiger charge is 2.38. The first kappa shape index (κ1) is 16.1. The van der Waals surface area contributed by atoms with E-state index in [-0.39, 0.29) is 5.69 Å². The zero-order valence-electron chi connectivity index (χ0n) is 9.68. The molecular weight excluding hydrogens is 290 g/mol. The number of halogens is 6. The van der Waals surface area contributed by atoms with Gasteiger partial charge >= 0.3 is 12.4 Å². The number of hydrogen-bond acceptors (Lipinski definition) is 3. The molecule has 1 atom stereocenters. The van der Waals surface area contributed by atoms with Crippen molar-refractivity contribution in [3.8, 4) is 6.07 Å². The highest BCUT2D eigenvalue weighted by Crippen LogP contribution is 2.33. The Kier molecular flexibility index (Phi) is 4.50. The van der Waals surface area contributed by atoms with Gasteiger partial charge in [0.1, 0.15) is 0 Å². The van der Waals surface area contributed by atoms with Gasteiger partial charge in [0.2, 0.25) is 0 Å². The quantitative estimate of drug-likeness (QED) is 0.844. The fraction of sp³-hybridized carbons (Fsp3) is 0.364. The van der Waals surface area contributed by atoms with Crippen LogP contribution in [0.5, 0.6) is 0 Å². The average Bonchev–Trinajstić information content (AvgIpc) is 2.33. The number of anilines is 1. The molecule has 0 radical (unpaired) electrons. The number of aliphatic hydroxyl groups is 1. The predicted molar refractivity (Wildman–Crippen MR) is 56.7 cm³/mol. The molecule has 0 amide bonds. The lowest BCUT2D eigenvalue weighted by Gasteiger charge is -2.17. The number of rotatable bonds is 3. The molecule has 0 bridgehead atoms. The highest BCUT2D eigenvalue weighted by atomic mass is 19.4. The number of nitriles is 1. The van der Waals surface area contributed by atoms with Crippen molar-refractivity contribution >= 4 is 5.69 Å². The van der Waals surface area contributed by atoms with Crippen LogP contribution in [0.2, 0.25) is 0 Å². The summed E-state index contributed by atoms with van der Waals surface area (Å²) in [5.74, 6) is 0. The van der Waals surface area contributed by atoms with Crippen LogP contribution in [0.4, 0.5) is 32.0 Å². The lowest BCUT2D eigenvalue weighted by molar-refractivity contribution is -0.198. The summed E-state index contributed by atoms with van der Waals surface area (Å²) in [6.07, 6.45) is -12.4. The minimum Gasteiger partial charge on any atom is -0.382 e. The molecule has 1 unspecified atom stereocenters. The smallest absolute Gasteiger partial charge is 0.382 e. The Morgan fingerprint density at radius 3 is 2.25 bits per heavy atom. The van der Waals surface area contributed by atoms with E-state index in [1.165, 1.54) is 6.07 Å². The van der Waals surface area contributed by atoms with Crippen molar-refractivity contribution in [2.45, 2.75) is 18.5 Å². The van der Waals surface area contributed by atoms with E-state index in [9.17, 15) is 26.3 Å². The number of nitrogens with one attached hydrogen (secondary N) is 1. The predicted octanol–water partition coefficient (Wildman–Crippen LogP) is 2.91. The van der Waals surface area contributed by atoms with Crippen LogP contribution in [0.1, 0.15) is 11.1 Å². The van der Waals surface area contributed by atoms with Gasteiger partial charge in [-0.2, -0.15) is 31.6 Å². The molecule has 110 valence electrons. The summed E-state index contributed by atoms with van der Waals surface area (Å²) < 4.78 is 73.9. The van der Waals surface area contributed by atoms with Crippen molar-refractivity contribution in [3.05, 3.63) is 29.3 Å². The molecule has 0 aliphatic carbocycles. The second-order valence-corrected chi connectivity index (χ2v) is 3.81. The summed E-state index contributed by atoms with van der Waals surface area (Å²) in [4.78, 5) is 0. The van der Waals surface area contributed by atoms with Gasteiger partial charge in [-0.05, 0) is 18.2 Å². The molecule has 0 aliphatic heterocycles. The normalized spacial score (nSPS) is 13.7. The van der Waals surface area contributed by atoms with E-state index in [0.29, 0.717) is 6.07 Å². The van der Waals surface area contributed by atoms with Gasteiger partial charge in [0.05, 0.1) is 17.2 Å². The van der Waals surface area contributed by atoms with Crippen molar-refractivity contribution in [2.75, 3.05) is 11.9 Å². The topological polar surface area (TPSA) is 56.0 Å². The Balaban J connectivity index is 2.92. The second-order valence-electron chi connectivity index (χ2n) is 3.81. The first-order valence-corrected chi connectivity index (χ1v) is 5.15. The Bertz CT molecular complexity index is 517. The van der Waals surface area contributed by atoms with Crippen LogP contribution in [-0.2, 0) is 6.18 Å². The van der Waals surface area contributed by atoms with E-state index in [1.54, 1.807) is 0 Å². The van der Waals surface area contributed by atoms with Crippen LogP contribution in [0.25, 0.3) is 0 Å². The van der Waals surface area contributed by atoms with Gasteiger partial charge in [0.15, 0.2) is 6.10 Å². The number of alkyl halides is 6. The highest BCUT2D eigenvalue weighted by molar-refractivity contribution is 5.53. The summed E-state index contributed by atoms with van der Waals surface area (Å²) in [6, 6.07) is 3.72. The van der Waals surface area contributed by atoms with E-state index in [1.807, 2.05) is 5.32 Å². The third-order valence-electron chi connectivity index (χ3n) is 2.32. The third kappa shape index (κ3) is 4.03. The average molecular weight is 298 g/mol. The fourth-order valence-electron chi connectivity index (χ4n) is 1.32. The van der Waals surface area contributed by atoms with E-state index in [0.717, 1.165) is 12.1 Å². The first-order valence-electron chi connectivity index (χ1n) is 5.15. The van der Waals surface area contributed by atoms with Crippen molar-refractivity contribution in [1.29, 1.82) is 5.26 Å². The standard InChI is InChI=1S/C11H8F6N2O/c12-10(13,14)8-3-7(2-1-6(8)4-18)19-5-9(20)11(15,16)17/h1-3,9,19-20H,5H2. The molecule has 1 rings (SSSR count). The fourth-order valence-corrected chi connectivity index (χ4v) is 1.32. The zero-order chi connectivity index (χ0) is 15.6. The third-order valence-corrected chi connectivity index (χ3v) is 2.32.